The van der Waals surface area contributed by atoms with Crippen molar-refractivity contribution in [3.05, 3.63) is 29.8 Å². The topological polar surface area (TPSA) is 55.5 Å². The Morgan fingerprint density at radius 1 is 1.40 bits per heavy atom. The van der Waals surface area contributed by atoms with Crippen molar-refractivity contribution in [2.75, 3.05) is 6.61 Å². The normalized spacial score (nSPS) is 12.9. The second kappa shape index (κ2) is 5.73. The maximum absolute atomic E-state index is 8.80. The molecule has 0 heterocycles. The highest BCUT2D eigenvalue weighted by Gasteiger charge is 2.06. The lowest BCUT2D eigenvalue weighted by Gasteiger charge is -2.14. The first-order valence-electron chi connectivity index (χ1n) is 5.26. The van der Waals surface area contributed by atoms with Crippen molar-refractivity contribution >= 4 is 0 Å². The molecule has 1 aromatic carbocycles. The van der Waals surface area contributed by atoms with E-state index in [1.54, 1.807) is 0 Å². The van der Waals surface area contributed by atoms with E-state index in [1.165, 1.54) is 0 Å². The number of rotatable bonds is 5. The summed E-state index contributed by atoms with van der Waals surface area (Å²) < 4.78 is 5.57. The summed E-state index contributed by atoms with van der Waals surface area (Å²) in [5.74, 6) is 0.830. The highest BCUT2D eigenvalue weighted by atomic mass is 16.5. The zero-order valence-corrected chi connectivity index (χ0v) is 9.31. The Balaban J connectivity index is 2.73. The minimum absolute atomic E-state index is 0.108. The largest absolute Gasteiger partial charge is 0.491 e. The lowest BCUT2D eigenvalue weighted by Crippen LogP contribution is -2.12. The number of nitrogens with two attached hydrogens (primary N) is 1. The molecule has 0 amide bonds. The zero-order chi connectivity index (χ0) is 11.3. The van der Waals surface area contributed by atoms with Gasteiger partial charge in [-0.1, -0.05) is 12.1 Å². The lowest BCUT2D eigenvalue weighted by molar-refractivity contribution is 0.241. The summed E-state index contributed by atoms with van der Waals surface area (Å²) in [7, 11) is 0. The Labute approximate surface area is 90.9 Å². The molecule has 0 aliphatic heterocycles. The molecule has 15 heavy (non-hydrogen) atoms. The predicted molar refractivity (Wildman–Crippen MR) is 60.8 cm³/mol. The summed E-state index contributed by atoms with van der Waals surface area (Å²) in [5.41, 5.74) is 6.89. The molecule has 0 radical (unpaired) electrons. The Morgan fingerprint density at radius 3 is 2.73 bits per heavy atom. The van der Waals surface area contributed by atoms with Crippen molar-refractivity contribution in [1.29, 1.82) is 0 Å². The third-order valence-corrected chi connectivity index (χ3v) is 2.10. The van der Waals surface area contributed by atoms with Crippen LogP contribution in [0.15, 0.2) is 24.3 Å². The van der Waals surface area contributed by atoms with Crippen molar-refractivity contribution in [3.8, 4) is 5.75 Å². The second-order valence-electron chi connectivity index (χ2n) is 3.86. The van der Waals surface area contributed by atoms with Crippen LogP contribution in [-0.4, -0.2) is 17.8 Å². The van der Waals surface area contributed by atoms with Crippen LogP contribution in [0.1, 0.15) is 31.9 Å². The van der Waals surface area contributed by atoms with Gasteiger partial charge in [0.2, 0.25) is 0 Å². The van der Waals surface area contributed by atoms with Crippen LogP contribution in [0.3, 0.4) is 0 Å². The van der Waals surface area contributed by atoms with Gasteiger partial charge in [-0.25, -0.2) is 0 Å². The van der Waals surface area contributed by atoms with Crippen LogP contribution in [0.5, 0.6) is 5.75 Å². The van der Waals surface area contributed by atoms with E-state index in [4.69, 9.17) is 15.6 Å². The number of aliphatic hydroxyl groups is 1. The smallest absolute Gasteiger partial charge is 0.120 e. The van der Waals surface area contributed by atoms with E-state index in [0.29, 0.717) is 6.42 Å². The summed E-state index contributed by atoms with van der Waals surface area (Å²) in [6.07, 6.45) is 0.736. The molecule has 1 aromatic rings. The molecule has 0 aliphatic rings. The van der Waals surface area contributed by atoms with Gasteiger partial charge in [-0.2, -0.15) is 0 Å². The highest BCUT2D eigenvalue weighted by molar-refractivity contribution is 5.30. The SMILES string of the molecule is CC(C)Oc1cccc(C(N)CCO)c1. The van der Waals surface area contributed by atoms with Gasteiger partial charge in [-0.15, -0.1) is 0 Å². The van der Waals surface area contributed by atoms with Gasteiger partial charge in [0, 0.05) is 12.6 Å². The van der Waals surface area contributed by atoms with Gasteiger partial charge in [0.1, 0.15) is 5.75 Å². The van der Waals surface area contributed by atoms with Crippen LogP contribution in [0.25, 0.3) is 0 Å². The summed E-state index contributed by atoms with van der Waals surface area (Å²) in [6.45, 7) is 4.08. The Hall–Kier alpha value is -1.06. The molecule has 84 valence electrons. The molecule has 0 bridgehead atoms. The lowest BCUT2D eigenvalue weighted by atomic mass is 10.1. The summed E-state index contributed by atoms with van der Waals surface area (Å²) in [5, 5.41) is 8.80. The first-order valence-corrected chi connectivity index (χ1v) is 5.26. The standard InChI is InChI=1S/C12H19NO2/c1-9(2)15-11-5-3-4-10(8-11)12(13)6-7-14/h3-5,8-9,12,14H,6-7,13H2,1-2H3. The molecular formula is C12H19NO2. The third-order valence-electron chi connectivity index (χ3n) is 2.10. The monoisotopic (exact) mass is 209 g/mol. The Bertz CT molecular complexity index is 299. The Morgan fingerprint density at radius 2 is 2.13 bits per heavy atom. The van der Waals surface area contributed by atoms with E-state index in [2.05, 4.69) is 0 Å². The van der Waals surface area contributed by atoms with E-state index >= 15 is 0 Å². The van der Waals surface area contributed by atoms with E-state index in [0.717, 1.165) is 11.3 Å². The van der Waals surface area contributed by atoms with Crippen molar-refractivity contribution in [1.82, 2.24) is 0 Å². The Kier molecular flexibility index (Phi) is 4.59. The summed E-state index contributed by atoms with van der Waals surface area (Å²) in [6, 6.07) is 7.60. The van der Waals surface area contributed by atoms with Crippen LogP contribution in [0.4, 0.5) is 0 Å². The molecule has 3 N–H and O–H groups in total. The molecule has 1 atom stereocenters. The fourth-order valence-corrected chi connectivity index (χ4v) is 1.40. The van der Waals surface area contributed by atoms with Crippen LogP contribution in [-0.2, 0) is 0 Å². The minimum atomic E-state index is -0.120. The first kappa shape index (κ1) is 12.0. The number of aliphatic hydroxyl groups excluding tert-OH is 1. The molecule has 1 unspecified atom stereocenters. The van der Waals surface area contributed by atoms with E-state index < -0.39 is 0 Å². The molecule has 0 aliphatic carbocycles. The number of hydrogen-bond acceptors (Lipinski definition) is 3. The number of benzene rings is 1. The van der Waals surface area contributed by atoms with E-state index in [1.807, 2.05) is 38.1 Å². The van der Waals surface area contributed by atoms with Gasteiger partial charge < -0.3 is 15.6 Å². The number of ether oxygens (including phenoxy) is 1. The molecule has 1 rings (SSSR count). The molecule has 0 aromatic heterocycles. The van der Waals surface area contributed by atoms with Crippen LogP contribution in [0, 0.1) is 0 Å². The zero-order valence-electron chi connectivity index (χ0n) is 9.31. The van der Waals surface area contributed by atoms with Gasteiger partial charge in [0.05, 0.1) is 6.10 Å². The van der Waals surface area contributed by atoms with E-state index in [9.17, 15) is 0 Å². The first-order chi connectivity index (χ1) is 7.13. The van der Waals surface area contributed by atoms with E-state index in [-0.39, 0.29) is 18.8 Å². The third kappa shape index (κ3) is 3.90. The van der Waals surface area contributed by atoms with Crippen LogP contribution in [0.2, 0.25) is 0 Å². The van der Waals surface area contributed by atoms with Crippen molar-refractivity contribution in [2.45, 2.75) is 32.4 Å². The average molecular weight is 209 g/mol. The molecule has 0 saturated carbocycles. The van der Waals surface area contributed by atoms with Gasteiger partial charge in [0.15, 0.2) is 0 Å². The summed E-state index contributed by atoms with van der Waals surface area (Å²) in [4.78, 5) is 0. The van der Waals surface area contributed by atoms with Gasteiger partial charge in [-0.3, -0.25) is 0 Å². The van der Waals surface area contributed by atoms with Gasteiger partial charge in [0.25, 0.3) is 0 Å². The molecule has 0 saturated heterocycles. The van der Waals surface area contributed by atoms with Crippen molar-refractivity contribution < 1.29 is 9.84 Å². The molecular weight excluding hydrogens is 190 g/mol. The predicted octanol–water partition coefficient (Wildman–Crippen LogP) is 1.86. The number of hydrogen-bond donors (Lipinski definition) is 2. The fraction of sp³-hybridized carbons (Fsp3) is 0.500. The van der Waals surface area contributed by atoms with Crippen LogP contribution < -0.4 is 10.5 Å². The maximum atomic E-state index is 8.80. The van der Waals surface area contributed by atoms with Gasteiger partial charge in [-0.05, 0) is 38.0 Å². The quantitative estimate of drug-likeness (QED) is 0.778. The maximum Gasteiger partial charge on any atom is 0.120 e. The highest BCUT2D eigenvalue weighted by Crippen LogP contribution is 2.20. The van der Waals surface area contributed by atoms with Crippen LogP contribution >= 0.6 is 0 Å². The molecule has 0 fully saturated rings. The molecule has 3 heteroatoms. The fourth-order valence-electron chi connectivity index (χ4n) is 1.40. The molecule has 0 spiro atoms. The average Bonchev–Trinajstić information content (AvgIpc) is 2.17. The minimum Gasteiger partial charge on any atom is -0.491 e. The second-order valence-corrected chi connectivity index (χ2v) is 3.86. The summed E-state index contributed by atoms with van der Waals surface area (Å²) >= 11 is 0. The van der Waals surface area contributed by atoms with Crippen molar-refractivity contribution in [3.63, 3.8) is 0 Å². The molecule has 3 nitrogen and oxygen atoms in total. The van der Waals surface area contributed by atoms with Gasteiger partial charge >= 0.3 is 0 Å². The van der Waals surface area contributed by atoms with Crippen molar-refractivity contribution in [2.24, 2.45) is 5.73 Å².